The van der Waals surface area contributed by atoms with Crippen LogP contribution in [0.2, 0.25) is 0 Å². The van der Waals surface area contributed by atoms with Crippen LogP contribution in [-0.4, -0.2) is 17.3 Å². The summed E-state index contributed by atoms with van der Waals surface area (Å²) in [6.45, 7) is 5.01. The van der Waals surface area contributed by atoms with Crippen LogP contribution in [0.1, 0.15) is 200 Å². The van der Waals surface area contributed by atoms with E-state index in [1.165, 1.54) is 128 Å². The van der Waals surface area contributed by atoms with Crippen molar-refractivity contribution in [3.63, 3.8) is 0 Å². The zero-order valence-corrected chi connectivity index (χ0v) is 35.8. The van der Waals surface area contributed by atoms with E-state index < -0.39 is 5.60 Å². The molecule has 0 heterocycles. The van der Waals surface area contributed by atoms with E-state index in [2.05, 4.69) is 62.5 Å². The first-order valence-electron chi connectivity index (χ1n) is 19.2. The molecule has 2 nitrogen and oxygen atoms in total. The van der Waals surface area contributed by atoms with Crippen molar-refractivity contribution in [2.24, 2.45) is 0 Å². The number of allylic oxidation sites excluding steroid dienone is 8. The van der Waals surface area contributed by atoms with E-state index in [1.54, 1.807) is 0 Å². The third kappa shape index (κ3) is 40.6. The van der Waals surface area contributed by atoms with Gasteiger partial charge in [0.15, 0.2) is 0 Å². The van der Waals surface area contributed by atoms with Crippen molar-refractivity contribution in [1.82, 2.24) is 0 Å². The van der Waals surface area contributed by atoms with Gasteiger partial charge in [-0.15, -0.1) is 0 Å². The van der Waals surface area contributed by atoms with Crippen molar-refractivity contribution in [3.8, 4) is 0 Å². The summed E-state index contributed by atoms with van der Waals surface area (Å²) in [5.41, 5.74) is 6.99. The molecule has 0 spiro atoms. The molecule has 0 aromatic carbocycles. The van der Waals surface area contributed by atoms with E-state index in [4.69, 9.17) is 5.73 Å². The van der Waals surface area contributed by atoms with Crippen LogP contribution >= 0.6 is 0 Å². The van der Waals surface area contributed by atoms with E-state index in [-0.39, 0.29) is 49.7 Å². The topological polar surface area (TPSA) is 44.0 Å². The van der Waals surface area contributed by atoms with Crippen LogP contribution in [0.15, 0.2) is 48.6 Å². The summed E-state index contributed by atoms with van der Waals surface area (Å²) in [6, 6.07) is 0. The first-order valence-corrected chi connectivity index (χ1v) is 19.2. The van der Waals surface area contributed by atoms with Gasteiger partial charge in [-0.3, -0.25) is 0 Å². The summed E-state index contributed by atoms with van der Waals surface area (Å²) in [5, 5.41) is 11.4. The van der Waals surface area contributed by atoms with Gasteiger partial charge >= 0.3 is 0 Å². The quantitative estimate of drug-likeness (QED) is 0.0508. The second kappa shape index (κ2) is 42.5. The van der Waals surface area contributed by atoms with Crippen LogP contribution < -0.4 is 0 Å². The summed E-state index contributed by atoms with van der Waals surface area (Å²) in [4.78, 5) is 0. The number of rotatable bonds is 34. The minimum atomic E-state index is -0.486. The fourth-order valence-electron chi connectivity index (χ4n) is 5.84. The Kier molecular flexibility index (Phi) is 47.2. The summed E-state index contributed by atoms with van der Waals surface area (Å²) < 4.78 is 0. The predicted molar refractivity (Wildman–Crippen MR) is 196 cm³/mol. The molecule has 0 aliphatic carbocycles. The Morgan fingerprint density at radius 2 is 0.711 bits per heavy atom. The third-order valence-corrected chi connectivity index (χ3v) is 8.75. The van der Waals surface area contributed by atoms with E-state index in [1.807, 2.05) is 0 Å². The molecule has 0 bridgehead atoms. The van der Waals surface area contributed by atoms with Gasteiger partial charge in [0.25, 0.3) is 0 Å². The number of aliphatic hydroxyl groups is 1. The Balaban J connectivity index is -0.00000882. The maximum Gasteiger partial charge on any atom is 0.0647 e. The fraction of sp³-hybridized carbons (Fsp3) is 0.805. The van der Waals surface area contributed by atoms with Gasteiger partial charge in [-0.05, 0) is 83.5 Å². The Labute approximate surface area is 319 Å². The number of hydrogen-bond donors (Lipinski definition) is 1. The molecule has 0 aromatic heterocycles. The molecule has 0 saturated heterocycles. The second-order valence-electron chi connectivity index (χ2n) is 13.1. The van der Waals surface area contributed by atoms with E-state index in [0.29, 0.717) is 6.54 Å². The second-order valence-corrected chi connectivity index (χ2v) is 13.1. The summed E-state index contributed by atoms with van der Waals surface area (Å²) in [7, 11) is 0. The molecular formula is C41H76NOUV-. The Bertz CT molecular complexity index is 612. The number of hydrogen-bond acceptors (Lipinski definition) is 1. The molecule has 1 radical (unpaired) electrons. The van der Waals surface area contributed by atoms with Crippen molar-refractivity contribution in [3.05, 3.63) is 54.3 Å². The minimum absolute atomic E-state index is 0. The molecule has 0 amide bonds. The molecule has 4 heteroatoms. The first-order chi connectivity index (χ1) is 21.2. The average Bonchev–Trinajstić information content (AvgIpc) is 3.01. The van der Waals surface area contributed by atoms with Crippen molar-refractivity contribution in [2.75, 3.05) is 6.54 Å². The third-order valence-electron chi connectivity index (χ3n) is 8.75. The molecule has 261 valence electrons. The van der Waals surface area contributed by atoms with Crippen molar-refractivity contribution < 1.29 is 54.8 Å². The van der Waals surface area contributed by atoms with E-state index >= 15 is 0 Å². The number of nitrogens with one attached hydrogen (secondary N) is 1. The predicted octanol–water partition coefficient (Wildman–Crippen LogP) is 14.3. The molecule has 0 rings (SSSR count). The maximum absolute atomic E-state index is 11.4. The van der Waals surface area contributed by atoms with Gasteiger partial charge in [0, 0.05) is 49.7 Å². The summed E-state index contributed by atoms with van der Waals surface area (Å²) in [6.07, 6.45) is 53.9. The standard InChI is InChI=1S/C41H76NO.U.V/c1-3-5-7-9-11-13-15-17-19-21-23-25-27-29-31-33-37-41(43,39-35-36-40-42)38-34-32-30-28-26-24-22-20-18-16-14-12-10-8-6-4-2;;/h11-14,17-20,42-43H,3-10,15-16,21-40H2,1-2H3;;/q-1;;/b13-11-,14-12-,19-17-,20-18-;;. The van der Waals surface area contributed by atoms with Crippen LogP contribution in [0.25, 0.3) is 5.73 Å². The Morgan fingerprint density at radius 1 is 0.422 bits per heavy atom. The van der Waals surface area contributed by atoms with Crippen LogP contribution in [0.3, 0.4) is 0 Å². The van der Waals surface area contributed by atoms with Crippen molar-refractivity contribution >= 4 is 0 Å². The number of unbranched alkanes of at least 4 members (excludes halogenated alkanes) is 19. The van der Waals surface area contributed by atoms with E-state index in [9.17, 15) is 5.11 Å². The summed E-state index contributed by atoms with van der Waals surface area (Å²) >= 11 is 0. The molecule has 0 aliphatic heterocycles. The zero-order valence-electron chi connectivity index (χ0n) is 30.2. The molecule has 0 unspecified atom stereocenters. The average molecular weight is 888 g/mol. The van der Waals surface area contributed by atoms with Gasteiger partial charge in [-0.1, -0.05) is 165 Å². The van der Waals surface area contributed by atoms with Gasteiger partial charge < -0.3 is 10.8 Å². The monoisotopic (exact) mass is 888 g/mol. The minimum Gasteiger partial charge on any atom is -0.677 e. The maximum atomic E-state index is 11.4. The van der Waals surface area contributed by atoms with Gasteiger partial charge in [0.1, 0.15) is 0 Å². The zero-order chi connectivity index (χ0) is 31.4. The van der Waals surface area contributed by atoms with Crippen LogP contribution in [0, 0.1) is 31.1 Å². The van der Waals surface area contributed by atoms with Gasteiger partial charge in [-0.2, -0.15) is 6.54 Å². The molecule has 45 heavy (non-hydrogen) atoms. The molecular weight excluding hydrogens is 811 g/mol. The summed E-state index contributed by atoms with van der Waals surface area (Å²) in [5.74, 6) is 0. The van der Waals surface area contributed by atoms with Crippen LogP contribution in [0.5, 0.6) is 0 Å². The van der Waals surface area contributed by atoms with Gasteiger partial charge in [-0.25, -0.2) is 0 Å². The van der Waals surface area contributed by atoms with Crippen LogP contribution in [-0.2, 0) is 18.6 Å². The van der Waals surface area contributed by atoms with Gasteiger partial charge in [0.05, 0.1) is 5.60 Å². The molecule has 2 N–H and O–H groups in total. The SMILES string of the molecule is CCCCC/C=C\C/C=C\CCCCCCCCC(O)(CCCC[NH-])CCCCCCCC/C=C\C/C=C\CCCCC.[U].[V]. The smallest absolute Gasteiger partial charge is 0.0647 e. The fourth-order valence-corrected chi connectivity index (χ4v) is 5.84. The van der Waals surface area contributed by atoms with Crippen molar-refractivity contribution in [2.45, 2.75) is 206 Å². The molecule has 0 saturated carbocycles. The Hall–Kier alpha value is 0.516. The normalized spacial score (nSPS) is 12.2. The molecule has 0 fully saturated rings. The van der Waals surface area contributed by atoms with Crippen LogP contribution in [0.4, 0.5) is 0 Å². The Morgan fingerprint density at radius 3 is 1.04 bits per heavy atom. The molecule has 0 atom stereocenters. The van der Waals surface area contributed by atoms with Gasteiger partial charge in [0.2, 0.25) is 0 Å². The molecule has 0 aliphatic rings. The van der Waals surface area contributed by atoms with E-state index in [0.717, 1.165) is 57.8 Å². The molecule has 0 aromatic rings. The first kappa shape index (κ1) is 49.9. The largest absolute Gasteiger partial charge is 0.677 e. The van der Waals surface area contributed by atoms with Crippen molar-refractivity contribution in [1.29, 1.82) is 0 Å².